The molecule has 0 radical (unpaired) electrons. The lowest BCUT2D eigenvalue weighted by Crippen LogP contribution is -2.40. The molecular weight excluding hydrogens is 306 g/mol. The second kappa shape index (κ2) is 7.77. The lowest BCUT2D eigenvalue weighted by atomic mass is 9.99. The number of hydrogen-bond acceptors (Lipinski definition) is 5. The number of piperidine rings is 1. The molecule has 1 amide bonds. The van der Waals surface area contributed by atoms with Gasteiger partial charge in [-0.05, 0) is 37.0 Å². The lowest BCUT2D eigenvalue weighted by molar-refractivity contribution is -0.134. The van der Waals surface area contributed by atoms with Gasteiger partial charge in [0.05, 0.1) is 0 Å². The summed E-state index contributed by atoms with van der Waals surface area (Å²) in [6.45, 7) is 3.90. The number of amides is 1. The van der Waals surface area contributed by atoms with Gasteiger partial charge in [-0.2, -0.15) is 0 Å². The second-order valence-electron chi connectivity index (χ2n) is 5.96. The van der Waals surface area contributed by atoms with Crippen molar-refractivity contribution in [2.45, 2.75) is 19.8 Å². The van der Waals surface area contributed by atoms with Crippen LogP contribution in [0.3, 0.4) is 0 Å². The summed E-state index contributed by atoms with van der Waals surface area (Å²) in [4.78, 5) is 22.1. The predicted molar refractivity (Wildman–Crippen MR) is 89.0 cm³/mol. The number of benzene rings is 1. The zero-order valence-electron chi connectivity index (χ0n) is 13.7. The van der Waals surface area contributed by atoms with E-state index in [-0.39, 0.29) is 18.5 Å². The summed E-state index contributed by atoms with van der Waals surface area (Å²) < 4.78 is 11.2. The van der Waals surface area contributed by atoms with Crippen LogP contribution >= 0.6 is 0 Å². The molecule has 0 N–H and O–H groups in total. The lowest BCUT2D eigenvalue weighted by Gasteiger charge is -2.30. The highest BCUT2D eigenvalue weighted by Gasteiger charge is 2.20. The Morgan fingerprint density at radius 1 is 1.17 bits per heavy atom. The number of likely N-dealkylation sites (tertiary alicyclic amines) is 1. The number of ether oxygens (including phenoxy) is 2. The van der Waals surface area contributed by atoms with Gasteiger partial charge in [-0.3, -0.25) is 4.79 Å². The van der Waals surface area contributed by atoms with Gasteiger partial charge in [-0.25, -0.2) is 9.97 Å². The molecule has 0 bridgehead atoms. The summed E-state index contributed by atoms with van der Waals surface area (Å²) >= 11 is 0. The topological polar surface area (TPSA) is 64.6 Å². The van der Waals surface area contributed by atoms with E-state index in [9.17, 15) is 4.79 Å². The Morgan fingerprint density at radius 3 is 2.62 bits per heavy atom. The third-order valence-corrected chi connectivity index (χ3v) is 4.06. The molecule has 1 aromatic carbocycles. The molecule has 0 saturated carbocycles. The van der Waals surface area contributed by atoms with Gasteiger partial charge in [-0.15, -0.1) is 0 Å². The first-order valence-corrected chi connectivity index (χ1v) is 8.16. The van der Waals surface area contributed by atoms with Crippen molar-refractivity contribution in [1.29, 1.82) is 0 Å². The molecule has 6 nitrogen and oxygen atoms in total. The maximum Gasteiger partial charge on any atom is 0.321 e. The van der Waals surface area contributed by atoms with E-state index in [1.54, 1.807) is 42.7 Å². The van der Waals surface area contributed by atoms with Gasteiger partial charge in [0, 0.05) is 31.5 Å². The number of rotatable bonds is 5. The molecule has 1 aromatic heterocycles. The maximum absolute atomic E-state index is 12.2. The number of carbonyl (C=O) groups excluding carboxylic acids is 1. The molecule has 0 unspecified atom stereocenters. The Morgan fingerprint density at radius 2 is 1.88 bits per heavy atom. The molecule has 24 heavy (non-hydrogen) atoms. The van der Waals surface area contributed by atoms with E-state index >= 15 is 0 Å². The highest BCUT2D eigenvalue weighted by molar-refractivity contribution is 5.77. The fourth-order valence-electron chi connectivity index (χ4n) is 2.57. The van der Waals surface area contributed by atoms with Gasteiger partial charge in [0.1, 0.15) is 11.5 Å². The molecule has 0 spiro atoms. The zero-order chi connectivity index (χ0) is 16.8. The van der Waals surface area contributed by atoms with Gasteiger partial charge in [0.2, 0.25) is 0 Å². The van der Waals surface area contributed by atoms with Crippen LogP contribution < -0.4 is 9.47 Å². The van der Waals surface area contributed by atoms with E-state index in [0.29, 0.717) is 17.4 Å². The van der Waals surface area contributed by atoms with Crippen molar-refractivity contribution in [2.75, 3.05) is 19.7 Å². The second-order valence-corrected chi connectivity index (χ2v) is 5.96. The first-order valence-electron chi connectivity index (χ1n) is 8.16. The molecule has 0 aliphatic carbocycles. The van der Waals surface area contributed by atoms with Crippen LogP contribution in [-0.2, 0) is 4.79 Å². The normalized spacial score (nSPS) is 15.1. The van der Waals surface area contributed by atoms with Crippen molar-refractivity contribution in [2.24, 2.45) is 5.92 Å². The standard InChI is InChI=1S/C18H21N3O3/c1-14-6-10-21(11-7-14)17(22)13-23-15-4-2-5-16(12-15)24-18-19-8-3-9-20-18/h2-5,8-9,12,14H,6-7,10-11,13H2,1H3. The molecule has 1 fully saturated rings. The Balaban J connectivity index is 1.54. The number of nitrogens with zero attached hydrogens (tertiary/aromatic N) is 3. The average molecular weight is 327 g/mol. The van der Waals surface area contributed by atoms with Crippen LogP contribution in [0.5, 0.6) is 17.5 Å². The fraction of sp³-hybridized carbons (Fsp3) is 0.389. The van der Waals surface area contributed by atoms with Crippen molar-refractivity contribution < 1.29 is 14.3 Å². The first kappa shape index (κ1) is 16.2. The monoisotopic (exact) mass is 327 g/mol. The van der Waals surface area contributed by atoms with E-state index in [1.807, 2.05) is 4.90 Å². The predicted octanol–water partition coefficient (Wildman–Crippen LogP) is 2.91. The van der Waals surface area contributed by atoms with E-state index in [2.05, 4.69) is 16.9 Å². The highest BCUT2D eigenvalue weighted by Crippen LogP contribution is 2.23. The van der Waals surface area contributed by atoms with Gasteiger partial charge in [0.25, 0.3) is 5.91 Å². The summed E-state index contributed by atoms with van der Waals surface area (Å²) in [5, 5.41) is 0. The van der Waals surface area contributed by atoms with Gasteiger partial charge in [-0.1, -0.05) is 13.0 Å². The summed E-state index contributed by atoms with van der Waals surface area (Å²) in [5.41, 5.74) is 0. The summed E-state index contributed by atoms with van der Waals surface area (Å²) in [5.74, 6) is 1.88. The molecule has 3 rings (SSSR count). The van der Waals surface area contributed by atoms with Gasteiger partial charge < -0.3 is 14.4 Å². The van der Waals surface area contributed by atoms with Crippen LogP contribution in [0, 0.1) is 5.92 Å². The minimum atomic E-state index is 0.0274. The molecule has 1 aliphatic rings. The first-order chi connectivity index (χ1) is 11.7. The minimum absolute atomic E-state index is 0.0274. The van der Waals surface area contributed by atoms with E-state index in [4.69, 9.17) is 9.47 Å². The van der Waals surface area contributed by atoms with Crippen LogP contribution in [0.2, 0.25) is 0 Å². The zero-order valence-corrected chi connectivity index (χ0v) is 13.7. The van der Waals surface area contributed by atoms with Gasteiger partial charge >= 0.3 is 6.01 Å². The maximum atomic E-state index is 12.2. The molecule has 6 heteroatoms. The minimum Gasteiger partial charge on any atom is -0.484 e. The molecular formula is C18H21N3O3. The Kier molecular flexibility index (Phi) is 5.25. The molecule has 126 valence electrons. The summed E-state index contributed by atoms with van der Waals surface area (Å²) in [6.07, 6.45) is 5.35. The van der Waals surface area contributed by atoms with Crippen LogP contribution in [0.4, 0.5) is 0 Å². The van der Waals surface area contributed by atoms with Crippen molar-refractivity contribution in [3.63, 3.8) is 0 Å². The Bertz CT molecular complexity index is 670. The van der Waals surface area contributed by atoms with Crippen LogP contribution in [0.1, 0.15) is 19.8 Å². The third-order valence-electron chi connectivity index (χ3n) is 4.06. The summed E-state index contributed by atoms with van der Waals surface area (Å²) in [7, 11) is 0. The van der Waals surface area contributed by atoms with Crippen LogP contribution in [0.25, 0.3) is 0 Å². The number of aromatic nitrogens is 2. The molecule has 2 heterocycles. The van der Waals surface area contributed by atoms with Crippen molar-refractivity contribution >= 4 is 5.91 Å². The van der Waals surface area contributed by atoms with E-state index in [1.165, 1.54) is 0 Å². The number of hydrogen-bond donors (Lipinski definition) is 0. The molecule has 0 atom stereocenters. The summed E-state index contributed by atoms with van der Waals surface area (Å²) in [6, 6.07) is 9.11. The van der Waals surface area contributed by atoms with Crippen LogP contribution in [-0.4, -0.2) is 40.5 Å². The number of carbonyl (C=O) groups is 1. The smallest absolute Gasteiger partial charge is 0.321 e. The van der Waals surface area contributed by atoms with Gasteiger partial charge in [0.15, 0.2) is 6.61 Å². The third kappa shape index (κ3) is 4.44. The molecule has 2 aromatic rings. The van der Waals surface area contributed by atoms with Crippen LogP contribution in [0.15, 0.2) is 42.7 Å². The Labute approximate surface area is 141 Å². The molecule has 1 saturated heterocycles. The van der Waals surface area contributed by atoms with Crippen molar-refractivity contribution in [3.8, 4) is 17.5 Å². The largest absolute Gasteiger partial charge is 0.484 e. The highest BCUT2D eigenvalue weighted by atomic mass is 16.5. The average Bonchev–Trinajstić information content (AvgIpc) is 2.61. The molecule has 1 aliphatic heterocycles. The fourth-order valence-corrected chi connectivity index (χ4v) is 2.57. The van der Waals surface area contributed by atoms with Crippen molar-refractivity contribution in [1.82, 2.24) is 14.9 Å². The van der Waals surface area contributed by atoms with E-state index < -0.39 is 0 Å². The SMILES string of the molecule is CC1CCN(C(=O)COc2cccc(Oc3ncccn3)c2)CC1. The Hall–Kier alpha value is -2.63. The quantitative estimate of drug-likeness (QED) is 0.845. The van der Waals surface area contributed by atoms with Crippen molar-refractivity contribution in [3.05, 3.63) is 42.7 Å². The van der Waals surface area contributed by atoms with E-state index in [0.717, 1.165) is 25.9 Å².